The fraction of sp³-hybridized carbons (Fsp3) is 0.323. The monoisotopic (exact) mass is 528 g/mol. The van der Waals surface area contributed by atoms with E-state index in [9.17, 15) is 14.4 Å². The number of imide groups is 1. The van der Waals surface area contributed by atoms with Crippen LogP contribution in [0.15, 0.2) is 72.8 Å². The number of ether oxygens (including phenoxy) is 3. The maximum Gasteiger partial charge on any atom is 0.327 e. The number of methoxy groups -OCH3 is 3. The molecule has 0 spiro atoms. The van der Waals surface area contributed by atoms with Gasteiger partial charge in [-0.25, -0.2) is 0 Å². The Bertz CT molecular complexity index is 1390. The number of nitrogens with one attached hydrogen (secondary N) is 1. The predicted octanol–water partition coefficient (Wildman–Crippen LogP) is 3.79. The lowest BCUT2D eigenvalue weighted by molar-refractivity contribution is -0.154. The smallest absolute Gasteiger partial charge is 0.327 e. The molecule has 1 N–H and O–H groups in total. The number of carbonyl (C=O) groups is 3. The van der Waals surface area contributed by atoms with Crippen LogP contribution in [0.3, 0.4) is 0 Å². The summed E-state index contributed by atoms with van der Waals surface area (Å²) in [4.78, 5) is 42.1. The van der Waals surface area contributed by atoms with Gasteiger partial charge in [0, 0.05) is 24.6 Å². The van der Waals surface area contributed by atoms with Gasteiger partial charge in [0.25, 0.3) is 0 Å². The van der Waals surface area contributed by atoms with Crippen molar-refractivity contribution in [1.29, 1.82) is 0 Å². The van der Waals surface area contributed by atoms with Crippen molar-refractivity contribution < 1.29 is 28.6 Å². The number of likely N-dealkylation sites (tertiary alicyclic amines) is 1. The van der Waals surface area contributed by atoms with E-state index in [-0.39, 0.29) is 24.8 Å². The first-order chi connectivity index (χ1) is 18.9. The quantitative estimate of drug-likeness (QED) is 0.351. The molecule has 0 aliphatic carbocycles. The first-order valence-corrected chi connectivity index (χ1v) is 13.0. The molecular weight excluding hydrogens is 496 g/mol. The molecule has 2 aliphatic heterocycles. The Kier molecular flexibility index (Phi) is 7.14. The van der Waals surface area contributed by atoms with E-state index in [0.717, 1.165) is 28.0 Å². The van der Waals surface area contributed by atoms with E-state index in [1.54, 1.807) is 21.1 Å². The second kappa shape index (κ2) is 10.5. The third kappa shape index (κ3) is 4.34. The molecule has 5 rings (SSSR count). The number of fused-ring (bicyclic) bond motifs is 1. The van der Waals surface area contributed by atoms with Crippen molar-refractivity contribution in [3.8, 4) is 22.6 Å². The van der Waals surface area contributed by atoms with Crippen LogP contribution in [-0.2, 0) is 25.5 Å². The minimum atomic E-state index is -1.41. The summed E-state index contributed by atoms with van der Waals surface area (Å²) in [5.74, 6) is -1.53. The van der Waals surface area contributed by atoms with Gasteiger partial charge < -0.3 is 14.2 Å². The van der Waals surface area contributed by atoms with Gasteiger partial charge in [-0.05, 0) is 41.8 Å². The molecule has 0 saturated carbocycles. The molecule has 3 unspecified atom stereocenters. The molecular formula is C31H32N2O6. The van der Waals surface area contributed by atoms with Crippen LogP contribution in [0.4, 0.5) is 0 Å². The summed E-state index contributed by atoms with van der Waals surface area (Å²) in [6.45, 7) is 2.00. The van der Waals surface area contributed by atoms with Crippen LogP contribution in [-0.4, -0.2) is 56.1 Å². The van der Waals surface area contributed by atoms with Crippen LogP contribution in [0.2, 0.25) is 0 Å². The molecule has 0 radical (unpaired) electrons. The first-order valence-electron chi connectivity index (χ1n) is 13.0. The Morgan fingerprint density at radius 2 is 1.64 bits per heavy atom. The van der Waals surface area contributed by atoms with Gasteiger partial charge in [0.1, 0.15) is 17.0 Å². The van der Waals surface area contributed by atoms with Gasteiger partial charge in [0.05, 0.1) is 33.2 Å². The predicted molar refractivity (Wildman–Crippen MR) is 145 cm³/mol. The molecule has 3 aromatic carbocycles. The number of hydrogen-bond donors (Lipinski definition) is 1. The summed E-state index contributed by atoms with van der Waals surface area (Å²) in [5, 5.41) is 3.44. The lowest BCUT2D eigenvalue weighted by atomic mass is 9.76. The minimum Gasteiger partial charge on any atom is -0.497 e. The van der Waals surface area contributed by atoms with Crippen LogP contribution >= 0.6 is 0 Å². The summed E-state index contributed by atoms with van der Waals surface area (Å²) >= 11 is 0. The van der Waals surface area contributed by atoms with Crippen molar-refractivity contribution in [1.82, 2.24) is 10.2 Å². The zero-order valence-corrected chi connectivity index (χ0v) is 22.5. The maximum absolute atomic E-state index is 13.7. The number of carbonyl (C=O) groups excluding carboxylic acids is 3. The number of nitrogens with zero attached hydrogens (tertiary/aromatic N) is 1. The van der Waals surface area contributed by atoms with Gasteiger partial charge in [-0.3, -0.25) is 24.6 Å². The molecule has 4 atom stereocenters. The summed E-state index contributed by atoms with van der Waals surface area (Å²) in [5.41, 5.74) is 2.00. The molecule has 2 heterocycles. The average molecular weight is 529 g/mol. The van der Waals surface area contributed by atoms with Gasteiger partial charge in [0.15, 0.2) is 0 Å². The number of esters is 1. The Morgan fingerprint density at radius 3 is 2.26 bits per heavy atom. The van der Waals surface area contributed by atoms with Gasteiger partial charge in [0.2, 0.25) is 11.8 Å². The summed E-state index contributed by atoms with van der Waals surface area (Å²) < 4.78 is 16.3. The Morgan fingerprint density at radius 1 is 0.923 bits per heavy atom. The van der Waals surface area contributed by atoms with Crippen LogP contribution in [0.25, 0.3) is 11.1 Å². The van der Waals surface area contributed by atoms with E-state index < -0.39 is 29.4 Å². The highest BCUT2D eigenvalue weighted by atomic mass is 16.5. The maximum atomic E-state index is 13.7. The van der Waals surface area contributed by atoms with E-state index in [0.29, 0.717) is 5.75 Å². The van der Waals surface area contributed by atoms with Gasteiger partial charge in [-0.2, -0.15) is 0 Å². The topological polar surface area (TPSA) is 94.2 Å². The largest absolute Gasteiger partial charge is 0.497 e. The van der Waals surface area contributed by atoms with Crippen LogP contribution < -0.4 is 14.8 Å². The van der Waals surface area contributed by atoms with E-state index in [1.165, 1.54) is 12.0 Å². The van der Waals surface area contributed by atoms with E-state index >= 15 is 0 Å². The second-order valence-corrected chi connectivity index (χ2v) is 9.86. The number of rotatable bonds is 8. The van der Waals surface area contributed by atoms with Crippen LogP contribution in [0, 0.1) is 11.8 Å². The Labute approximate surface area is 227 Å². The first kappa shape index (κ1) is 26.4. The van der Waals surface area contributed by atoms with E-state index in [1.807, 2.05) is 72.8 Å². The van der Waals surface area contributed by atoms with Gasteiger partial charge >= 0.3 is 5.97 Å². The van der Waals surface area contributed by atoms with Crippen molar-refractivity contribution in [3.63, 3.8) is 0 Å². The zero-order valence-electron chi connectivity index (χ0n) is 22.5. The molecule has 2 amide bonds. The third-order valence-electron chi connectivity index (χ3n) is 7.92. The molecule has 39 heavy (non-hydrogen) atoms. The van der Waals surface area contributed by atoms with Gasteiger partial charge in [-0.15, -0.1) is 0 Å². The third-order valence-corrected chi connectivity index (χ3v) is 7.92. The fourth-order valence-electron chi connectivity index (χ4n) is 6.09. The highest BCUT2D eigenvalue weighted by Crippen LogP contribution is 2.51. The molecule has 3 aromatic rings. The molecule has 202 valence electrons. The highest BCUT2D eigenvalue weighted by molar-refractivity contribution is 6.09. The summed E-state index contributed by atoms with van der Waals surface area (Å²) in [6.07, 6.45) is 0.204. The average Bonchev–Trinajstić information content (AvgIpc) is 3.45. The lowest BCUT2D eigenvalue weighted by Gasteiger charge is -2.32. The number of amides is 2. The normalized spacial score (nSPS) is 24.0. The van der Waals surface area contributed by atoms with Crippen molar-refractivity contribution in [2.75, 3.05) is 27.9 Å². The molecule has 8 nitrogen and oxygen atoms in total. The van der Waals surface area contributed by atoms with Crippen molar-refractivity contribution in [2.45, 2.75) is 24.9 Å². The zero-order chi connectivity index (χ0) is 27.7. The SMILES string of the molecule is CCN1C(=O)C2C(c3ccc(-c4ccc(OC)cc4)c(OC)c3)N[C@@](Cc3ccccc3)(C(=O)OC)C2C1=O. The fourth-order valence-corrected chi connectivity index (χ4v) is 6.09. The minimum absolute atomic E-state index is 0.204. The van der Waals surface area contributed by atoms with E-state index in [4.69, 9.17) is 14.2 Å². The standard InChI is InChI=1S/C31H32N2O6/c1-5-33-28(34)25-26(29(33)35)31(30(36)39-4,18-19-9-7-6-8-10-19)32-27(25)21-13-16-23(24(17-21)38-3)20-11-14-22(37-2)15-12-20/h6-17,25-27,32H,5,18H2,1-4H3/t25?,26?,27?,31-/m1/s1. The van der Waals surface area contributed by atoms with E-state index in [2.05, 4.69) is 5.32 Å². The molecule has 8 heteroatoms. The second-order valence-electron chi connectivity index (χ2n) is 9.86. The molecule has 2 saturated heterocycles. The van der Waals surface area contributed by atoms with Gasteiger partial charge in [-0.1, -0.05) is 54.6 Å². The van der Waals surface area contributed by atoms with Crippen molar-refractivity contribution in [2.24, 2.45) is 11.8 Å². The van der Waals surface area contributed by atoms with Crippen molar-refractivity contribution in [3.05, 3.63) is 83.9 Å². The number of benzene rings is 3. The van der Waals surface area contributed by atoms with Crippen LogP contribution in [0.1, 0.15) is 24.1 Å². The van der Waals surface area contributed by atoms with Crippen molar-refractivity contribution >= 4 is 17.8 Å². The molecule has 0 bridgehead atoms. The highest BCUT2D eigenvalue weighted by Gasteiger charge is 2.68. The Hall–Kier alpha value is -4.17. The summed E-state index contributed by atoms with van der Waals surface area (Å²) in [6, 6.07) is 22.2. The molecule has 0 aromatic heterocycles. The summed E-state index contributed by atoms with van der Waals surface area (Å²) in [7, 11) is 4.52. The Balaban J connectivity index is 1.61. The number of hydrogen-bond acceptors (Lipinski definition) is 7. The lowest BCUT2D eigenvalue weighted by Crippen LogP contribution is -2.57. The van der Waals surface area contributed by atoms with Crippen LogP contribution in [0.5, 0.6) is 11.5 Å². The molecule has 2 aliphatic rings. The molecule has 2 fully saturated rings.